The Labute approximate surface area is 157 Å². The van der Waals surface area contributed by atoms with E-state index in [9.17, 15) is 0 Å². The maximum Gasteiger partial charge on any atom is 0.200 e. The van der Waals surface area contributed by atoms with Gasteiger partial charge in [0.2, 0.25) is 5.82 Å². The van der Waals surface area contributed by atoms with E-state index in [1.807, 2.05) is 86.3 Å². The second-order valence-electron chi connectivity index (χ2n) is 5.88. The third-order valence-electron chi connectivity index (χ3n) is 4.21. The largest absolute Gasteiger partial charge is 0.299 e. The lowest BCUT2D eigenvalue weighted by molar-refractivity contribution is 0.880. The van der Waals surface area contributed by atoms with E-state index in [0.29, 0.717) is 5.82 Å². The topological polar surface area (TPSA) is 60.9 Å². The number of hydrogen-bond donors (Lipinski definition) is 0. The molecule has 5 aromatic rings. The first-order valence-electron chi connectivity index (χ1n) is 9.00. The molecule has 0 aliphatic carbocycles. The SMILES string of the molecule is CC.Cc1cccc(-c2nc(-n3ccc4cnccc43)c3cccn3n2)n1. The van der Waals surface area contributed by atoms with Crippen molar-refractivity contribution in [3.8, 4) is 17.3 Å². The Bertz CT molecular complexity index is 1220. The number of hydrogen-bond acceptors (Lipinski definition) is 4. The Morgan fingerprint density at radius 2 is 1.74 bits per heavy atom. The summed E-state index contributed by atoms with van der Waals surface area (Å²) in [4.78, 5) is 13.6. The molecule has 0 bridgehead atoms. The minimum atomic E-state index is 0.596. The molecule has 5 rings (SSSR count). The third kappa shape index (κ3) is 2.95. The molecule has 0 spiro atoms. The highest BCUT2D eigenvalue weighted by atomic mass is 15.3. The molecule has 6 heteroatoms. The molecular formula is C21H20N6. The fraction of sp³-hybridized carbons (Fsp3) is 0.143. The quantitative estimate of drug-likeness (QED) is 0.468. The Hall–Kier alpha value is -3.54. The van der Waals surface area contributed by atoms with Gasteiger partial charge in [0.1, 0.15) is 11.2 Å². The lowest BCUT2D eigenvalue weighted by Gasteiger charge is -2.09. The zero-order valence-corrected chi connectivity index (χ0v) is 15.5. The average molecular weight is 356 g/mol. The summed E-state index contributed by atoms with van der Waals surface area (Å²) < 4.78 is 3.90. The fourth-order valence-electron chi connectivity index (χ4n) is 3.04. The molecule has 0 radical (unpaired) electrons. The number of aromatic nitrogens is 6. The molecule has 5 heterocycles. The minimum absolute atomic E-state index is 0.596. The van der Waals surface area contributed by atoms with Crippen molar-refractivity contribution in [3.05, 3.63) is 72.9 Å². The van der Waals surface area contributed by atoms with Crippen LogP contribution in [0.4, 0.5) is 0 Å². The smallest absolute Gasteiger partial charge is 0.200 e. The maximum absolute atomic E-state index is 4.83. The summed E-state index contributed by atoms with van der Waals surface area (Å²) in [7, 11) is 0. The van der Waals surface area contributed by atoms with Gasteiger partial charge in [0.15, 0.2) is 5.82 Å². The normalized spacial score (nSPS) is 10.8. The van der Waals surface area contributed by atoms with Crippen LogP contribution in [-0.4, -0.2) is 29.1 Å². The highest BCUT2D eigenvalue weighted by Crippen LogP contribution is 2.23. The number of rotatable bonds is 2. The zero-order valence-electron chi connectivity index (χ0n) is 15.5. The highest BCUT2D eigenvalue weighted by Gasteiger charge is 2.13. The Balaban J connectivity index is 0.000000872. The molecule has 0 fully saturated rings. The van der Waals surface area contributed by atoms with Gasteiger partial charge >= 0.3 is 0 Å². The van der Waals surface area contributed by atoms with Crippen molar-refractivity contribution < 1.29 is 0 Å². The molecule has 0 atom stereocenters. The van der Waals surface area contributed by atoms with Gasteiger partial charge < -0.3 is 0 Å². The fourth-order valence-corrected chi connectivity index (χ4v) is 3.04. The predicted octanol–water partition coefficient (Wildman–Crippen LogP) is 4.46. The van der Waals surface area contributed by atoms with E-state index in [4.69, 9.17) is 4.98 Å². The van der Waals surface area contributed by atoms with Gasteiger partial charge in [-0.1, -0.05) is 19.9 Å². The first-order valence-corrected chi connectivity index (χ1v) is 9.00. The van der Waals surface area contributed by atoms with Gasteiger partial charge in [0.25, 0.3) is 0 Å². The van der Waals surface area contributed by atoms with Crippen LogP contribution in [0.25, 0.3) is 33.8 Å². The second-order valence-corrected chi connectivity index (χ2v) is 5.88. The third-order valence-corrected chi connectivity index (χ3v) is 4.21. The minimum Gasteiger partial charge on any atom is -0.299 e. The van der Waals surface area contributed by atoms with E-state index in [2.05, 4.69) is 19.6 Å². The molecule has 134 valence electrons. The lowest BCUT2D eigenvalue weighted by Crippen LogP contribution is -2.06. The molecule has 0 amide bonds. The van der Waals surface area contributed by atoms with Crippen molar-refractivity contribution in [1.29, 1.82) is 0 Å². The molecule has 6 nitrogen and oxygen atoms in total. The first-order chi connectivity index (χ1) is 13.3. The second kappa shape index (κ2) is 6.99. The van der Waals surface area contributed by atoms with Crippen molar-refractivity contribution in [1.82, 2.24) is 29.1 Å². The number of fused-ring (bicyclic) bond motifs is 2. The van der Waals surface area contributed by atoms with Crippen molar-refractivity contribution in [2.45, 2.75) is 20.8 Å². The van der Waals surface area contributed by atoms with Crippen molar-refractivity contribution >= 4 is 16.4 Å². The number of nitrogens with zero attached hydrogens (tertiary/aromatic N) is 6. The van der Waals surface area contributed by atoms with Crippen LogP contribution in [-0.2, 0) is 0 Å². The van der Waals surface area contributed by atoms with Crippen molar-refractivity contribution in [2.24, 2.45) is 0 Å². The van der Waals surface area contributed by atoms with Crippen LogP contribution in [0.15, 0.2) is 67.3 Å². The van der Waals surface area contributed by atoms with Crippen LogP contribution < -0.4 is 0 Å². The molecule has 0 N–H and O–H groups in total. The molecule has 27 heavy (non-hydrogen) atoms. The molecule has 0 unspecified atom stereocenters. The van der Waals surface area contributed by atoms with Gasteiger partial charge in [0, 0.05) is 35.9 Å². The van der Waals surface area contributed by atoms with Crippen LogP contribution in [0, 0.1) is 6.92 Å². The predicted molar refractivity (Wildman–Crippen MR) is 107 cm³/mol. The van der Waals surface area contributed by atoms with E-state index in [1.165, 1.54) is 0 Å². The summed E-state index contributed by atoms with van der Waals surface area (Å²) in [5.41, 5.74) is 3.69. The highest BCUT2D eigenvalue weighted by molar-refractivity contribution is 5.82. The molecule has 0 saturated carbocycles. The summed E-state index contributed by atoms with van der Waals surface area (Å²) in [6.07, 6.45) is 7.58. The van der Waals surface area contributed by atoms with Crippen molar-refractivity contribution in [2.75, 3.05) is 0 Å². The molecule has 0 saturated heterocycles. The molecule has 5 aromatic heterocycles. The monoisotopic (exact) mass is 356 g/mol. The van der Waals surface area contributed by atoms with Crippen LogP contribution in [0.2, 0.25) is 0 Å². The number of aryl methyl sites for hydroxylation is 1. The zero-order chi connectivity index (χ0) is 18.8. The first kappa shape index (κ1) is 16.9. The van der Waals surface area contributed by atoms with E-state index in [0.717, 1.165) is 33.6 Å². The molecular weight excluding hydrogens is 336 g/mol. The Morgan fingerprint density at radius 3 is 2.59 bits per heavy atom. The summed E-state index contributed by atoms with van der Waals surface area (Å²) in [5.74, 6) is 1.41. The molecule has 0 aliphatic rings. The van der Waals surface area contributed by atoms with Crippen molar-refractivity contribution in [3.63, 3.8) is 0 Å². The van der Waals surface area contributed by atoms with Gasteiger partial charge in [-0.05, 0) is 43.3 Å². The summed E-state index contributed by atoms with van der Waals surface area (Å²) in [5, 5.41) is 5.68. The summed E-state index contributed by atoms with van der Waals surface area (Å²) in [6, 6.07) is 13.9. The van der Waals surface area contributed by atoms with Crippen LogP contribution >= 0.6 is 0 Å². The van der Waals surface area contributed by atoms with Gasteiger partial charge in [-0.3, -0.25) is 9.55 Å². The van der Waals surface area contributed by atoms with E-state index >= 15 is 0 Å². The Kier molecular flexibility index (Phi) is 4.38. The van der Waals surface area contributed by atoms with Crippen LogP contribution in [0.5, 0.6) is 0 Å². The molecule has 0 aromatic carbocycles. The van der Waals surface area contributed by atoms with Crippen LogP contribution in [0.1, 0.15) is 19.5 Å². The Morgan fingerprint density at radius 1 is 0.852 bits per heavy atom. The summed E-state index contributed by atoms with van der Waals surface area (Å²) in [6.45, 7) is 5.96. The molecule has 0 aliphatic heterocycles. The standard InChI is InChI=1S/C19H14N6.C2H6/c1-13-4-2-5-15(21-13)18-22-19(17-6-3-10-25(17)23-18)24-11-8-14-12-20-9-7-16(14)24;1-2/h2-12H,1H3;1-2H3. The maximum atomic E-state index is 4.83. The number of pyridine rings is 2. The van der Waals surface area contributed by atoms with E-state index < -0.39 is 0 Å². The average Bonchev–Trinajstić information content (AvgIpc) is 3.36. The van der Waals surface area contributed by atoms with Gasteiger partial charge in [-0.15, -0.1) is 5.10 Å². The lowest BCUT2D eigenvalue weighted by atomic mass is 10.3. The van der Waals surface area contributed by atoms with Gasteiger partial charge in [-0.25, -0.2) is 14.5 Å². The van der Waals surface area contributed by atoms with E-state index in [1.54, 1.807) is 6.20 Å². The van der Waals surface area contributed by atoms with Crippen LogP contribution in [0.3, 0.4) is 0 Å². The summed E-state index contributed by atoms with van der Waals surface area (Å²) >= 11 is 0. The van der Waals surface area contributed by atoms with Gasteiger partial charge in [0.05, 0.1) is 5.52 Å². The van der Waals surface area contributed by atoms with E-state index in [-0.39, 0.29) is 0 Å². The van der Waals surface area contributed by atoms with Gasteiger partial charge in [-0.2, -0.15) is 0 Å².